The van der Waals surface area contributed by atoms with Crippen LogP contribution in [0.5, 0.6) is 5.75 Å². The van der Waals surface area contributed by atoms with Crippen molar-refractivity contribution in [2.75, 3.05) is 0 Å². The second-order valence-electron chi connectivity index (χ2n) is 6.92. The predicted octanol–water partition coefficient (Wildman–Crippen LogP) is 4.66. The predicted molar refractivity (Wildman–Crippen MR) is 102 cm³/mol. The molecule has 2 heterocycles. The van der Waals surface area contributed by atoms with Gasteiger partial charge in [-0.05, 0) is 37.5 Å². The Hall–Kier alpha value is -1.95. The molecule has 2 N–H and O–H groups in total. The van der Waals surface area contributed by atoms with E-state index in [4.69, 9.17) is 4.99 Å². The number of thioether (sulfide) groups is 1. The van der Waals surface area contributed by atoms with Crippen molar-refractivity contribution >= 4 is 22.6 Å². The van der Waals surface area contributed by atoms with Crippen LogP contribution in [0, 0.1) is 0 Å². The Kier molecular flexibility index (Phi) is 4.46. The quantitative estimate of drug-likeness (QED) is 0.768. The van der Waals surface area contributed by atoms with E-state index in [-0.39, 0.29) is 16.6 Å². The van der Waals surface area contributed by atoms with Crippen molar-refractivity contribution in [1.82, 2.24) is 9.78 Å². The maximum absolute atomic E-state index is 12.8. The molecule has 132 valence electrons. The fraction of sp³-hybridized carbons (Fsp3) is 0.474. The lowest BCUT2D eigenvalue weighted by molar-refractivity contribution is 0.407. The Balaban J connectivity index is 1.80. The number of nitrogens with zero attached hydrogens (tertiary/aromatic N) is 2. The number of aromatic nitrogens is 2. The van der Waals surface area contributed by atoms with E-state index in [0.717, 1.165) is 29.3 Å². The maximum Gasteiger partial charge on any atom is 0.271 e. The van der Waals surface area contributed by atoms with Crippen LogP contribution >= 0.6 is 11.8 Å². The number of benzene rings is 1. The first-order valence-electron chi connectivity index (χ1n) is 8.99. The van der Waals surface area contributed by atoms with E-state index in [1.807, 2.05) is 23.7 Å². The van der Waals surface area contributed by atoms with Crippen LogP contribution in [0.1, 0.15) is 67.9 Å². The minimum Gasteiger partial charge on any atom is -0.508 e. The van der Waals surface area contributed by atoms with E-state index in [9.17, 15) is 9.90 Å². The van der Waals surface area contributed by atoms with E-state index >= 15 is 0 Å². The van der Waals surface area contributed by atoms with Gasteiger partial charge in [0.2, 0.25) is 0 Å². The summed E-state index contributed by atoms with van der Waals surface area (Å²) in [6.45, 7) is 1.98. The summed E-state index contributed by atoms with van der Waals surface area (Å²) in [7, 11) is 0. The minimum absolute atomic E-state index is 0.0589. The second kappa shape index (κ2) is 6.75. The van der Waals surface area contributed by atoms with Crippen LogP contribution < -0.4 is 5.56 Å². The second-order valence-corrected chi connectivity index (χ2v) is 8.22. The molecule has 1 fully saturated rings. The van der Waals surface area contributed by atoms with Crippen LogP contribution in [-0.4, -0.2) is 19.9 Å². The molecule has 0 bridgehead atoms. The number of aliphatic imine (C=N–C) groups is 1. The van der Waals surface area contributed by atoms with E-state index in [0.29, 0.717) is 11.6 Å². The van der Waals surface area contributed by atoms with E-state index in [2.05, 4.69) is 5.10 Å². The fourth-order valence-corrected chi connectivity index (χ4v) is 5.01. The summed E-state index contributed by atoms with van der Waals surface area (Å²) < 4.78 is 2.02. The van der Waals surface area contributed by atoms with Gasteiger partial charge in [0, 0.05) is 0 Å². The Labute approximate surface area is 151 Å². The number of nitrogens with one attached hydrogen (secondary N) is 1. The molecule has 0 unspecified atom stereocenters. The summed E-state index contributed by atoms with van der Waals surface area (Å²) in [5.41, 5.74) is 1.59. The number of phenols is 1. The van der Waals surface area contributed by atoms with Crippen LogP contribution in [0.2, 0.25) is 0 Å². The third-order valence-electron chi connectivity index (χ3n) is 5.11. The molecule has 0 saturated heterocycles. The van der Waals surface area contributed by atoms with Gasteiger partial charge < -0.3 is 5.11 Å². The standard InChI is InChI=1S/C19H23N3O2S/c1-12-20-18-16(17(25-12)13-7-6-10-15(23)11-13)19(24)21-22(18)14-8-4-2-3-5-9-14/h6-7,10-11,14,17,23H,2-5,8-9H2,1H3,(H,21,24)/t17-/m0/s1. The van der Waals surface area contributed by atoms with Crippen molar-refractivity contribution in [3.63, 3.8) is 0 Å². The SMILES string of the molecule is CC1=Nc2c(c(=O)[nH]n2C2CCCCCC2)[C@H](c2cccc(O)c2)S1. The lowest BCUT2D eigenvalue weighted by atomic mass is 10.1. The summed E-state index contributed by atoms with van der Waals surface area (Å²) in [4.78, 5) is 17.5. The number of phenolic OH excluding ortho intramolecular Hbond substituents is 1. The lowest BCUT2D eigenvalue weighted by Crippen LogP contribution is -2.13. The molecule has 6 heteroatoms. The van der Waals surface area contributed by atoms with Crippen molar-refractivity contribution in [2.24, 2.45) is 4.99 Å². The molecule has 0 spiro atoms. The normalized spacial score (nSPS) is 21.5. The first kappa shape index (κ1) is 16.5. The monoisotopic (exact) mass is 357 g/mol. The maximum atomic E-state index is 12.8. The Morgan fingerprint density at radius 1 is 1.24 bits per heavy atom. The first-order valence-corrected chi connectivity index (χ1v) is 9.87. The summed E-state index contributed by atoms with van der Waals surface area (Å²) in [5, 5.41) is 13.7. The molecule has 1 aliphatic heterocycles. The fourth-order valence-electron chi connectivity index (χ4n) is 3.91. The molecule has 2 aliphatic rings. The summed E-state index contributed by atoms with van der Waals surface area (Å²) in [6.07, 6.45) is 7.13. The van der Waals surface area contributed by atoms with Crippen LogP contribution in [0.25, 0.3) is 0 Å². The number of hydrogen-bond donors (Lipinski definition) is 2. The number of fused-ring (bicyclic) bond motifs is 1. The van der Waals surface area contributed by atoms with Crippen molar-refractivity contribution in [3.8, 4) is 5.75 Å². The molecule has 0 amide bonds. The van der Waals surface area contributed by atoms with Crippen molar-refractivity contribution in [1.29, 1.82) is 0 Å². The largest absolute Gasteiger partial charge is 0.508 e. The molecule has 1 aromatic carbocycles. The Morgan fingerprint density at radius 3 is 2.72 bits per heavy atom. The number of H-pyrrole nitrogens is 1. The Morgan fingerprint density at radius 2 is 2.00 bits per heavy atom. The summed E-state index contributed by atoms with van der Waals surface area (Å²) in [6, 6.07) is 7.50. The molecule has 0 radical (unpaired) electrons. The highest BCUT2D eigenvalue weighted by Crippen LogP contribution is 2.45. The number of aromatic hydroxyl groups is 1. The van der Waals surface area contributed by atoms with E-state index < -0.39 is 0 Å². The number of hydrogen-bond acceptors (Lipinski definition) is 4. The summed E-state index contributed by atoms with van der Waals surface area (Å²) in [5.74, 6) is 1.00. The van der Waals surface area contributed by atoms with Crippen LogP contribution in [0.4, 0.5) is 5.82 Å². The Bertz CT molecular complexity index is 860. The van der Waals surface area contributed by atoms with E-state index in [1.165, 1.54) is 25.7 Å². The molecule has 5 nitrogen and oxygen atoms in total. The zero-order valence-electron chi connectivity index (χ0n) is 14.4. The highest BCUT2D eigenvalue weighted by Gasteiger charge is 2.32. The average Bonchev–Trinajstić information content (AvgIpc) is 2.78. The zero-order chi connectivity index (χ0) is 17.4. The van der Waals surface area contributed by atoms with Crippen LogP contribution in [0.3, 0.4) is 0 Å². The number of rotatable bonds is 2. The van der Waals surface area contributed by atoms with Gasteiger partial charge >= 0.3 is 0 Å². The highest BCUT2D eigenvalue weighted by atomic mass is 32.2. The van der Waals surface area contributed by atoms with Crippen LogP contribution in [-0.2, 0) is 0 Å². The van der Waals surface area contributed by atoms with E-state index in [1.54, 1.807) is 23.9 Å². The van der Waals surface area contributed by atoms with Gasteiger partial charge in [-0.3, -0.25) is 14.6 Å². The third kappa shape index (κ3) is 3.15. The van der Waals surface area contributed by atoms with Crippen molar-refractivity contribution in [3.05, 3.63) is 45.7 Å². The summed E-state index contributed by atoms with van der Waals surface area (Å²) >= 11 is 1.57. The highest BCUT2D eigenvalue weighted by molar-refractivity contribution is 8.14. The van der Waals surface area contributed by atoms with Gasteiger partial charge in [0.05, 0.1) is 21.9 Å². The van der Waals surface area contributed by atoms with Gasteiger partial charge in [-0.1, -0.05) is 49.6 Å². The molecule has 2 aromatic rings. The molecular weight excluding hydrogens is 334 g/mol. The minimum atomic E-state index is -0.129. The van der Waals surface area contributed by atoms with Gasteiger partial charge in [0.25, 0.3) is 5.56 Å². The topological polar surface area (TPSA) is 70.4 Å². The van der Waals surface area contributed by atoms with Gasteiger partial charge in [-0.2, -0.15) is 0 Å². The van der Waals surface area contributed by atoms with Crippen molar-refractivity contribution in [2.45, 2.75) is 56.7 Å². The molecule has 1 saturated carbocycles. The van der Waals surface area contributed by atoms with Gasteiger partial charge in [0.15, 0.2) is 5.82 Å². The van der Waals surface area contributed by atoms with Crippen molar-refractivity contribution < 1.29 is 5.11 Å². The van der Waals surface area contributed by atoms with Gasteiger partial charge in [-0.25, -0.2) is 4.99 Å². The zero-order valence-corrected chi connectivity index (χ0v) is 15.2. The third-order valence-corrected chi connectivity index (χ3v) is 6.29. The number of aromatic amines is 1. The van der Waals surface area contributed by atoms with Gasteiger partial charge in [-0.15, -0.1) is 0 Å². The van der Waals surface area contributed by atoms with Gasteiger partial charge in [0.1, 0.15) is 5.75 Å². The first-order chi connectivity index (χ1) is 12.1. The average molecular weight is 357 g/mol. The molecule has 1 aromatic heterocycles. The molecule has 1 aliphatic carbocycles. The smallest absolute Gasteiger partial charge is 0.271 e. The molecule has 4 rings (SSSR count). The molecular formula is C19H23N3O2S. The molecule has 25 heavy (non-hydrogen) atoms. The van der Waals surface area contributed by atoms with Crippen LogP contribution in [0.15, 0.2) is 34.1 Å². The molecule has 1 atom stereocenters. The lowest BCUT2D eigenvalue weighted by Gasteiger charge is -2.23.